The molecule has 86 valence electrons. The molecule has 0 bridgehead atoms. The van der Waals surface area contributed by atoms with Crippen LogP contribution in [0.3, 0.4) is 0 Å². The van der Waals surface area contributed by atoms with Gasteiger partial charge in [-0.3, -0.25) is 0 Å². The molecule has 0 aliphatic carbocycles. The Morgan fingerprint density at radius 1 is 1.50 bits per heavy atom. The van der Waals surface area contributed by atoms with Gasteiger partial charge in [-0.2, -0.15) is 4.98 Å². The van der Waals surface area contributed by atoms with Crippen LogP contribution in [0.15, 0.2) is 12.1 Å². The number of hydrogen-bond donors (Lipinski definition) is 3. The number of ether oxygens (including phenoxy) is 1. The fourth-order valence-corrected chi connectivity index (χ4v) is 1.46. The number of aromatic amines is 1. The van der Waals surface area contributed by atoms with Crippen molar-refractivity contribution >= 4 is 11.2 Å². The van der Waals surface area contributed by atoms with Crippen molar-refractivity contribution < 1.29 is 9.84 Å². The summed E-state index contributed by atoms with van der Waals surface area (Å²) >= 11 is 0. The smallest absolute Gasteiger partial charge is 0.215 e. The van der Waals surface area contributed by atoms with Crippen LogP contribution in [0, 0.1) is 0 Å². The van der Waals surface area contributed by atoms with E-state index in [4.69, 9.17) is 10.5 Å². The summed E-state index contributed by atoms with van der Waals surface area (Å²) in [4.78, 5) is 11.3. The summed E-state index contributed by atoms with van der Waals surface area (Å²) in [5, 5.41) is 9.72. The van der Waals surface area contributed by atoms with E-state index in [-0.39, 0.29) is 0 Å². The Morgan fingerprint density at radius 2 is 2.31 bits per heavy atom. The minimum Gasteiger partial charge on any atom is -0.481 e. The quantitative estimate of drug-likeness (QED) is 0.693. The molecule has 0 saturated heterocycles. The number of aliphatic hydroxyl groups excluding tert-OH is 1. The second-order valence-corrected chi connectivity index (χ2v) is 3.44. The molecule has 0 amide bonds. The summed E-state index contributed by atoms with van der Waals surface area (Å²) in [5.41, 5.74) is 6.67. The molecule has 0 aliphatic heterocycles. The molecule has 6 heteroatoms. The van der Waals surface area contributed by atoms with Crippen molar-refractivity contribution in [2.75, 3.05) is 13.7 Å². The first-order valence-electron chi connectivity index (χ1n) is 5.03. The van der Waals surface area contributed by atoms with E-state index in [0.29, 0.717) is 30.3 Å². The number of rotatable bonds is 4. The number of nitrogens with two attached hydrogens (primary N) is 1. The highest BCUT2D eigenvalue weighted by molar-refractivity contribution is 5.71. The number of pyridine rings is 1. The van der Waals surface area contributed by atoms with Crippen molar-refractivity contribution in [3.05, 3.63) is 18.0 Å². The van der Waals surface area contributed by atoms with E-state index in [2.05, 4.69) is 15.0 Å². The van der Waals surface area contributed by atoms with E-state index in [0.717, 1.165) is 5.52 Å². The van der Waals surface area contributed by atoms with E-state index < -0.39 is 6.10 Å². The monoisotopic (exact) mass is 222 g/mol. The molecule has 2 rings (SSSR count). The van der Waals surface area contributed by atoms with Crippen molar-refractivity contribution in [3.8, 4) is 5.88 Å². The number of H-pyrrole nitrogens is 1. The van der Waals surface area contributed by atoms with Crippen LogP contribution in [0.5, 0.6) is 5.88 Å². The molecule has 2 heterocycles. The van der Waals surface area contributed by atoms with E-state index >= 15 is 0 Å². The zero-order chi connectivity index (χ0) is 11.5. The Balaban J connectivity index is 2.35. The number of aliphatic hydroxyl groups is 1. The second-order valence-electron chi connectivity index (χ2n) is 3.44. The summed E-state index contributed by atoms with van der Waals surface area (Å²) in [6.45, 7) is 0.412. The Bertz CT molecular complexity index is 483. The molecule has 0 saturated carbocycles. The van der Waals surface area contributed by atoms with Gasteiger partial charge in [-0.15, -0.1) is 0 Å². The third kappa shape index (κ3) is 1.98. The van der Waals surface area contributed by atoms with Gasteiger partial charge < -0.3 is 20.6 Å². The third-order valence-corrected chi connectivity index (χ3v) is 2.30. The fraction of sp³-hybridized carbons (Fsp3) is 0.400. The maximum absolute atomic E-state index is 9.72. The standard InChI is InChI=1S/C10H14N4O2/c1-16-8-3-2-6-9(13-8)14-10(12-6)7(15)4-5-11/h2-3,7,15H,4-5,11H2,1H3,(H,12,13,14). The van der Waals surface area contributed by atoms with Crippen LogP contribution < -0.4 is 10.5 Å². The Kier molecular flexibility index (Phi) is 3.02. The average Bonchev–Trinajstić information content (AvgIpc) is 2.71. The van der Waals surface area contributed by atoms with Crippen LogP contribution in [-0.4, -0.2) is 33.7 Å². The summed E-state index contributed by atoms with van der Waals surface area (Å²) in [5.74, 6) is 0.986. The number of nitrogens with one attached hydrogen (secondary N) is 1. The molecule has 1 atom stereocenters. The summed E-state index contributed by atoms with van der Waals surface area (Å²) in [6.07, 6.45) is -0.207. The molecule has 0 radical (unpaired) electrons. The molecular formula is C10H14N4O2. The predicted octanol–water partition coefficient (Wildman–Crippen LogP) is 0.349. The van der Waals surface area contributed by atoms with Crippen molar-refractivity contribution in [1.82, 2.24) is 15.0 Å². The zero-order valence-electron chi connectivity index (χ0n) is 8.97. The Hall–Kier alpha value is -1.66. The van der Waals surface area contributed by atoms with Crippen LogP contribution in [0.2, 0.25) is 0 Å². The largest absolute Gasteiger partial charge is 0.481 e. The maximum Gasteiger partial charge on any atom is 0.215 e. The van der Waals surface area contributed by atoms with Gasteiger partial charge in [0.05, 0.1) is 12.6 Å². The van der Waals surface area contributed by atoms with Gasteiger partial charge >= 0.3 is 0 Å². The normalized spacial score (nSPS) is 12.9. The van der Waals surface area contributed by atoms with Gasteiger partial charge in [-0.05, 0) is 19.0 Å². The van der Waals surface area contributed by atoms with Gasteiger partial charge in [0.2, 0.25) is 5.88 Å². The molecule has 0 aliphatic rings. The second kappa shape index (κ2) is 4.46. The molecule has 1 unspecified atom stereocenters. The third-order valence-electron chi connectivity index (χ3n) is 2.30. The van der Waals surface area contributed by atoms with Crippen LogP contribution in [-0.2, 0) is 0 Å². The number of imidazole rings is 1. The van der Waals surface area contributed by atoms with Gasteiger partial charge in [0.25, 0.3) is 0 Å². The Labute approximate surface area is 92.5 Å². The first-order valence-corrected chi connectivity index (χ1v) is 5.03. The van der Waals surface area contributed by atoms with E-state index in [1.54, 1.807) is 13.2 Å². The van der Waals surface area contributed by atoms with E-state index in [1.807, 2.05) is 6.07 Å². The van der Waals surface area contributed by atoms with Crippen LogP contribution >= 0.6 is 0 Å². The first-order chi connectivity index (χ1) is 7.74. The van der Waals surface area contributed by atoms with Crippen LogP contribution in [0.4, 0.5) is 0 Å². The molecule has 0 spiro atoms. The van der Waals surface area contributed by atoms with Crippen molar-refractivity contribution in [1.29, 1.82) is 0 Å². The molecule has 2 aromatic rings. The molecule has 2 aromatic heterocycles. The number of hydrogen-bond acceptors (Lipinski definition) is 5. The molecule has 0 aromatic carbocycles. The topological polar surface area (TPSA) is 97.0 Å². The van der Waals surface area contributed by atoms with Gasteiger partial charge in [0.15, 0.2) is 5.65 Å². The SMILES string of the molecule is COc1ccc2[nH]c(C(O)CCN)nc2n1. The minimum absolute atomic E-state index is 0.412. The molecule has 0 fully saturated rings. The number of aromatic nitrogens is 3. The summed E-state index contributed by atoms with van der Waals surface area (Å²) < 4.78 is 4.99. The van der Waals surface area contributed by atoms with E-state index in [9.17, 15) is 5.11 Å². The average molecular weight is 222 g/mol. The first kappa shape index (κ1) is 10.8. The van der Waals surface area contributed by atoms with Crippen LogP contribution in [0.1, 0.15) is 18.3 Å². The lowest BCUT2D eigenvalue weighted by Gasteiger charge is -2.03. The maximum atomic E-state index is 9.72. The number of nitrogens with zero attached hydrogens (tertiary/aromatic N) is 2. The van der Waals surface area contributed by atoms with Gasteiger partial charge in [-0.1, -0.05) is 0 Å². The minimum atomic E-state index is -0.676. The Morgan fingerprint density at radius 3 is 3.00 bits per heavy atom. The zero-order valence-corrected chi connectivity index (χ0v) is 8.97. The van der Waals surface area contributed by atoms with Gasteiger partial charge in [-0.25, -0.2) is 4.98 Å². The summed E-state index contributed by atoms with van der Waals surface area (Å²) in [7, 11) is 1.55. The van der Waals surface area contributed by atoms with Crippen molar-refractivity contribution in [2.24, 2.45) is 5.73 Å². The fourth-order valence-electron chi connectivity index (χ4n) is 1.46. The lowest BCUT2D eigenvalue weighted by atomic mass is 10.2. The van der Waals surface area contributed by atoms with Crippen LogP contribution in [0.25, 0.3) is 11.2 Å². The number of fused-ring (bicyclic) bond motifs is 1. The molecular weight excluding hydrogens is 208 g/mol. The molecule has 16 heavy (non-hydrogen) atoms. The highest BCUT2D eigenvalue weighted by Gasteiger charge is 2.12. The lowest BCUT2D eigenvalue weighted by molar-refractivity contribution is 0.162. The highest BCUT2D eigenvalue weighted by atomic mass is 16.5. The van der Waals surface area contributed by atoms with Gasteiger partial charge in [0, 0.05) is 6.07 Å². The van der Waals surface area contributed by atoms with E-state index in [1.165, 1.54) is 0 Å². The molecule has 4 N–H and O–H groups in total. The molecule has 6 nitrogen and oxygen atoms in total. The van der Waals surface area contributed by atoms with Gasteiger partial charge in [0.1, 0.15) is 11.9 Å². The predicted molar refractivity (Wildman–Crippen MR) is 59.1 cm³/mol. The van der Waals surface area contributed by atoms with Crippen molar-refractivity contribution in [2.45, 2.75) is 12.5 Å². The summed E-state index contributed by atoms with van der Waals surface area (Å²) in [6, 6.07) is 3.55. The number of methoxy groups -OCH3 is 1. The lowest BCUT2D eigenvalue weighted by Crippen LogP contribution is -2.07. The highest BCUT2D eigenvalue weighted by Crippen LogP contribution is 2.18. The van der Waals surface area contributed by atoms with Crippen molar-refractivity contribution in [3.63, 3.8) is 0 Å².